The smallest absolute Gasteiger partial charge is 0.259 e. The van der Waals surface area contributed by atoms with E-state index in [1.54, 1.807) is 0 Å². The van der Waals surface area contributed by atoms with E-state index in [1.165, 1.54) is 4.90 Å². The van der Waals surface area contributed by atoms with Crippen molar-refractivity contribution in [3.8, 4) is 0 Å². The summed E-state index contributed by atoms with van der Waals surface area (Å²) >= 11 is 0. The number of nitrogens with two attached hydrogens (primary N) is 1. The van der Waals surface area contributed by atoms with Crippen LogP contribution >= 0.6 is 0 Å². The molecule has 2 amide bonds. The molecule has 1 atom stereocenters. The van der Waals surface area contributed by atoms with Crippen molar-refractivity contribution in [2.75, 3.05) is 13.1 Å². The molecule has 1 saturated heterocycles. The second-order valence-corrected chi connectivity index (χ2v) is 9.88. The van der Waals surface area contributed by atoms with E-state index >= 15 is 0 Å². The molecule has 2 fully saturated rings. The third kappa shape index (κ3) is 4.52. The Kier molecular flexibility index (Phi) is 6.27. The van der Waals surface area contributed by atoms with Crippen LogP contribution in [-0.4, -0.2) is 48.7 Å². The molecule has 10 heteroatoms. The molecule has 170 valence electrons. The Labute approximate surface area is 186 Å². The first-order valence-electron chi connectivity index (χ1n) is 10.4. The van der Waals surface area contributed by atoms with E-state index in [0.717, 1.165) is 52.5 Å². The first kappa shape index (κ1) is 22.4. The average molecular weight is 461 g/mol. The summed E-state index contributed by atoms with van der Waals surface area (Å²) in [6, 6.07) is 11.8. The number of hydrogen-bond acceptors (Lipinski definition) is 5. The minimum absolute atomic E-state index is 0.0150. The normalized spacial score (nSPS) is 19.2. The molecule has 1 heterocycles. The largest absolute Gasteiger partial charge is 0.349 e. The third-order valence-corrected chi connectivity index (χ3v) is 7.56. The summed E-state index contributed by atoms with van der Waals surface area (Å²) in [7, 11) is -4.12. The van der Waals surface area contributed by atoms with E-state index in [0.29, 0.717) is 6.54 Å². The minimum atomic E-state index is -4.12. The maximum absolute atomic E-state index is 13.3. The van der Waals surface area contributed by atoms with Gasteiger partial charge in [-0.25, -0.2) is 12.8 Å². The molecule has 1 unspecified atom stereocenters. The summed E-state index contributed by atoms with van der Waals surface area (Å²) in [5.74, 6) is -1.53. The van der Waals surface area contributed by atoms with E-state index in [4.69, 9.17) is 5.73 Å². The van der Waals surface area contributed by atoms with Gasteiger partial charge in [0.2, 0.25) is 15.9 Å². The zero-order valence-corrected chi connectivity index (χ0v) is 18.2. The number of halogens is 1. The average Bonchev–Trinajstić information content (AvgIpc) is 3.54. The number of nitrogens with zero attached hydrogens (tertiary/aromatic N) is 2. The second kappa shape index (κ2) is 8.97. The number of benzene rings is 2. The molecular formula is C22H25FN4O4S. The topological polar surface area (TPSA) is 113 Å². The number of sulfonamides is 1. The van der Waals surface area contributed by atoms with Crippen molar-refractivity contribution in [2.45, 2.75) is 37.0 Å². The van der Waals surface area contributed by atoms with Gasteiger partial charge in [0.25, 0.3) is 5.91 Å². The number of nitrogens with one attached hydrogen (secondary N) is 1. The Bertz CT molecular complexity index is 1120. The number of rotatable bonds is 7. The van der Waals surface area contributed by atoms with Gasteiger partial charge in [0.15, 0.2) is 6.17 Å². The molecule has 0 radical (unpaired) electrons. The molecule has 32 heavy (non-hydrogen) atoms. The van der Waals surface area contributed by atoms with Gasteiger partial charge in [0.05, 0.1) is 4.90 Å². The molecular weight excluding hydrogens is 435 g/mol. The molecule has 8 nitrogen and oxygen atoms in total. The van der Waals surface area contributed by atoms with Gasteiger partial charge >= 0.3 is 0 Å². The highest BCUT2D eigenvalue weighted by molar-refractivity contribution is 7.89. The summed E-state index contributed by atoms with van der Waals surface area (Å²) in [6.45, 7) is 0.631. The molecule has 1 saturated carbocycles. The van der Waals surface area contributed by atoms with Gasteiger partial charge in [0.1, 0.15) is 5.82 Å². The van der Waals surface area contributed by atoms with Crippen LogP contribution in [0.5, 0.6) is 0 Å². The van der Waals surface area contributed by atoms with Crippen molar-refractivity contribution < 1.29 is 22.4 Å². The zero-order chi connectivity index (χ0) is 22.9. The lowest BCUT2D eigenvalue weighted by atomic mass is 10.1. The van der Waals surface area contributed by atoms with Crippen LogP contribution in [0.15, 0.2) is 53.4 Å². The fourth-order valence-corrected chi connectivity index (χ4v) is 5.36. The SMILES string of the molecule is NCc1cccc(CNC(=O)C2N(C(=O)C3CC3)CCN2S(=O)(=O)c2ccc(F)cc2)c1. The Morgan fingerprint density at radius 1 is 1.06 bits per heavy atom. The predicted molar refractivity (Wildman–Crippen MR) is 115 cm³/mol. The van der Waals surface area contributed by atoms with Crippen LogP contribution in [-0.2, 0) is 32.7 Å². The molecule has 1 aliphatic carbocycles. The van der Waals surface area contributed by atoms with Crippen LogP contribution in [0.1, 0.15) is 24.0 Å². The molecule has 0 spiro atoms. The highest BCUT2D eigenvalue weighted by Gasteiger charge is 2.49. The van der Waals surface area contributed by atoms with Crippen LogP contribution in [0.2, 0.25) is 0 Å². The van der Waals surface area contributed by atoms with Gasteiger partial charge < -0.3 is 16.0 Å². The Balaban J connectivity index is 1.59. The zero-order valence-electron chi connectivity index (χ0n) is 17.4. The molecule has 3 N–H and O–H groups in total. The lowest BCUT2D eigenvalue weighted by Gasteiger charge is -2.29. The number of amides is 2. The van der Waals surface area contributed by atoms with E-state index in [2.05, 4.69) is 5.32 Å². The van der Waals surface area contributed by atoms with Crippen molar-refractivity contribution in [3.63, 3.8) is 0 Å². The van der Waals surface area contributed by atoms with Crippen molar-refractivity contribution in [2.24, 2.45) is 11.7 Å². The maximum atomic E-state index is 13.3. The summed E-state index contributed by atoms with van der Waals surface area (Å²) in [4.78, 5) is 27.2. The predicted octanol–water partition coefficient (Wildman–Crippen LogP) is 1.17. The minimum Gasteiger partial charge on any atom is -0.349 e. The summed E-state index contributed by atoms with van der Waals surface area (Å²) in [5, 5.41) is 2.76. The van der Waals surface area contributed by atoms with Crippen molar-refractivity contribution in [1.82, 2.24) is 14.5 Å². The Hall–Kier alpha value is -2.82. The fourth-order valence-electron chi connectivity index (χ4n) is 3.81. The molecule has 2 aromatic rings. The first-order valence-corrected chi connectivity index (χ1v) is 11.9. The van der Waals surface area contributed by atoms with Gasteiger partial charge in [-0.05, 0) is 48.2 Å². The van der Waals surface area contributed by atoms with E-state index < -0.39 is 27.9 Å². The summed E-state index contributed by atoms with van der Waals surface area (Å²) in [5.41, 5.74) is 7.38. The van der Waals surface area contributed by atoms with Crippen molar-refractivity contribution >= 4 is 21.8 Å². The van der Waals surface area contributed by atoms with Crippen LogP contribution in [0, 0.1) is 11.7 Å². The maximum Gasteiger partial charge on any atom is 0.259 e. The van der Waals surface area contributed by atoms with Gasteiger partial charge in [-0.2, -0.15) is 4.31 Å². The molecule has 0 aromatic heterocycles. The number of hydrogen-bond donors (Lipinski definition) is 2. The molecule has 2 aromatic carbocycles. The summed E-state index contributed by atoms with van der Waals surface area (Å²) < 4.78 is 40.8. The van der Waals surface area contributed by atoms with Crippen molar-refractivity contribution in [3.05, 3.63) is 65.5 Å². The first-order chi connectivity index (χ1) is 15.3. The van der Waals surface area contributed by atoms with E-state index in [1.807, 2.05) is 24.3 Å². The van der Waals surface area contributed by atoms with Crippen LogP contribution in [0.25, 0.3) is 0 Å². The lowest BCUT2D eigenvalue weighted by molar-refractivity contribution is -0.141. The Morgan fingerprint density at radius 3 is 2.41 bits per heavy atom. The Morgan fingerprint density at radius 2 is 1.75 bits per heavy atom. The van der Waals surface area contributed by atoms with E-state index in [-0.39, 0.29) is 36.4 Å². The highest BCUT2D eigenvalue weighted by atomic mass is 32.2. The molecule has 2 aliphatic rings. The molecule has 1 aliphatic heterocycles. The summed E-state index contributed by atoms with van der Waals surface area (Å²) in [6.07, 6.45) is 0.177. The molecule has 0 bridgehead atoms. The van der Waals surface area contributed by atoms with Gasteiger partial charge in [-0.3, -0.25) is 9.59 Å². The van der Waals surface area contributed by atoms with E-state index in [9.17, 15) is 22.4 Å². The van der Waals surface area contributed by atoms with Crippen LogP contribution in [0.3, 0.4) is 0 Å². The third-order valence-electron chi connectivity index (χ3n) is 5.69. The number of carbonyl (C=O) groups excluding carboxylic acids is 2. The van der Waals surface area contributed by atoms with Gasteiger partial charge in [-0.1, -0.05) is 24.3 Å². The van der Waals surface area contributed by atoms with Crippen LogP contribution < -0.4 is 11.1 Å². The lowest BCUT2D eigenvalue weighted by Crippen LogP contribution is -2.53. The van der Waals surface area contributed by atoms with Gasteiger partial charge in [-0.15, -0.1) is 0 Å². The highest BCUT2D eigenvalue weighted by Crippen LogP contribution is 2.34. The fraction of sp³-hybridized carbons (Fsp3) is 0.364. The van der Waals surface area contributed by atoms with Crippen molar-refractivity contribution in [1.29, 1.82) is 0 Å². The number of carbonyl (C=O) groups is 2. The monoisotopic (exact) mass is 460 g/mol. The quantitative estimate of drug-likeness (QED) is 0.644. The van der Waals surface area contributed by atoms with Gasteiger partial charge in [0, 0.05) is 32.1 Å². The van der Waals surface area contributed by atoms with Crippen LogP contribution in [0.4, 0.5) is 4.39 Å². The standard InChI is InChI=1S/C22H25FN4O4S/c23-18-6-8-19(9-7-18)32(30,31)27-11-10-26(22(29)17-4-5-17)21(27)20(28)25-14-16-3-1-2-15(12-16)13-24/h1-3,6-9,12,17,21H,4-5,10-11,13-14,24H2,(H,25,28). The second-order valence-electron chi connectivity index (χ2n) is 7.99. The molecule has 4 rings (SSSR count).